The summed E-state index contributed by atoms with van der Waals surface area (Å²) in [5.74, 6) is 3.64. The predicted molar refractivity (Wildman–Crippen MR) is 136 cm³/mol. The molecule has 7 nitrogen and oxygen atoms in total. The van der Waals surface area contributed by atoms with Crippen LogP contribution in [0.15, 0.2) is 30.3 Å². The number of carbonyl (C=O) groups is 1. The summed E-state index contributed by atoms with van der Waals surface area (Å²) >= 11 is 0. The molecule has 0 bridgehead atoms. The lowest BCUT2D eigenvalue weighted by Gasteiger charge is -2.32. The van der Waals surface area contributed by atoms with Crippen molar-refractivity contribution in [3.05, 3.63) is 47.0 Å². The molecule has 0 spiro atoms. The van der Waals surface area contributed by atoms with Crippen molar-refractivity contribution in [2.75, 3.05) is 40.5 Å². The molecule has 1 saturated carbocycles. The molecule has 4 rings (SSSR count). The number of likely N-dealkylation sites (tertiary alicyclic amines) is 1. The molecule has 1 N–H and O–H groups in total. The first-order chi connectivity index (χ1) is 17.0. The molecule has 1 saturated heterocycles. The minimum atomic E-state index is -0.0981. The van der Waals surface area contributed by atoms with E-state index in [9.17, 15) is 4.79 Å². The van der Waals surface area contributed by atoms with Gasteiger partial charge in [-0.2, -0.15) is 0 Å². The van der Waals surface area contributed by atoms with E-state index in [2.05, 4.69) is 22.3 Å². The Morgan fingerprint density at radius 1 is 0.886 bits per heavy atom. The van der Waals surface area contributed by atoms with Crippen LogP contribution in [0.2, 0.25) is 0 Å². The van der Waals surface area contributed by atoms with E-state index >= 15 is 0 Å². The zero-order valence-corrected chi connectivity index (χ0v) is 21.4. The average Bonchev–Trinajstić information content (AvgIpc) is 3.70. The average molecular weight is 483 g/mol. The second-order valence-electron chi connectivity index (χ2n) is 9.27. The second kappa shape index (κ2) is 11.7. The fourth-order valence-corrected chi connectivity index (χ4v) is 4.77. The number of nitrogens with zero attached hydrogens (tertiary/aromatic N) is 1. The molecule has 35 heavy (non-hydrogen) atoms. The smallest absolute Gasteiger partial charge is 0.251 e. The van der Waals surface area contributed by atoms with Crippen molar-refractivity contribution >= 4 is 5.91 Å². The molecule has 7 heteroatoms. The van der Waals surface area contributed by atoms with Crippen LogP contribution in [-0.2, 0) is 6.54 Å². The number of ether oxygens (including phenoxy) is 4. The van der Waals surface area contributed by atoms with Crippen LogP contribution in [0.25, 0.3) is 0 Å². The Morgan fingerprint density at radius 2 is 1.46 bits per heavy atom. The van der Waals surface area contributed by atoms with Gasteiger partial charge in [0.25, 0.3) is 5.91 Å². The molecule has 1 aliphatic carbocycles. The molecule has 0 radical (unpaired) electrons. The maximum Gasteiger partial charge on any atom is 0.251 e. The van der Waals surface area contributed by atoms with Crippen molar-refractivity contribution in [1.29, 1.82) is 0 Å². The van der Waals surface area contributed by atoms with Crippen molar-refractivity contribution in [1.82, 2.24) is 10.2 Å². The Balaban J connectivity index is 1.36. The number of rotatable bonds is 11. The van der Waals surface area contributed by atoms with Gasteiger partial charge in [0.2, 0.25) is 0 Å². The third-order valence-corrected chi connectivity index (χ3v) is 6.69. The first kappa shape index (κ1) is 25.2. The highest BCUT2D eigenvalue weighted by Crippen LogP contribution is 2.49. The number of piperidine rings is 1. The van der Waals surface area contributed by atoms with Gasteiger partial charge in [0.15, 0.2) is 0 Å². The summed E-state index contributed by atoms with van der Waals surface area (Å²) in [6, 6.07) is 9.79. The van der Waals surface area contributed by atoms with E-state index in [1.807, 2.05) is 13.8 Å². The highest BCUT2D eigenvalue weighted by Gasteiger charge is 2.31. The van der Waals surface area contributed by atoms with Crippen molar-refractivity contribution < 1.29 is 23.7 Å². The number of hydrogen-bond donors (Lipinski definition) is 1. The van der Waals surface area contributed by atoms with Gasteiger partial charge in [-0.3, -0.25) is 9.69 Å². The predicted octanol–water partition coefficient (Wildman–Crippen LogP) is 4.77. The summed E-state index contributed by atoms with van der Waals surface area (Å²) in [7, 11) is 3.17. The van der Waals surface area contributed by atoms with Gasteiger partial charge in [0.05, 0.1) is 27.4 Å². The molecule has 1 aliphatic heterocycles. The van der Waals surface area contributed by atoms with Crippen LogP contribution in [-0.4, -0.2) is 57.4 Å². The molecule has 2 fully saturated rings. The Labute approximate surface area is 208 Å². The monoisotopic (exact) mass is 482 g/mol. The molecule has 0 unspecified atom stereocenters. The number of amides is 1. The van der Waals surface area contributed by atoms with E-state index in [4.69, 9.17) is 18.9 Å². The summed E-state index contributed by atoms with van der Waals surface area (Å²) in [6.07, 6.45) is 4.23. The second-order valence-corrected chi connectivity index (χ2v) is 9.27. The zero-order valence-electron chi connectivity index (χ0n) is 21.4. The highest BCUT2D eigenvalue weighted by atomic mass is 16.5. The quantitative estimate of drug-likeness (QED) is 0.497. The van der Waals surface area contributed by atoms with Gasteiger partial charge in [-0.1, -0.05) is 0 Å². The summed E-state index contributed by atoms with van der Waals surface area (Å²) in [5.41, 5.74) is 3.01. The van der Waals surface area contributed by atoms with E-state index in [0.717, 1.165) is 44.0 Å². The normalized spacial score (nSPS) is 16.6. The van der Waals surface area contributed by atoms with Crippen molar-refractivity contribution in [3.63, 3.8) is 0 Å². The molecule has 0 atom stereocenters. The number of nitrogens with one attached hydrogen (secondary N) is 1. The van der Waals surface area contributed by atoms with Crippen LogP contribution < -0.4 is 24.3 Å². The first-order valence-corrected chi connectivity index (χ1v) is 12.7. The van der Waals surface area contributed by atoms with E-state index < -0.39 is 0 Å². The maximum absolute atomic E-state index is 12.8. The van der Waals surface area contributed by atoms with E-state index in [0.29, 0.717) is 36.2 Å². The third-order valence-electron chi connectivity index (χ3n) is 6.69. The van der Waals surface area contributed by atoms with E-state index in [1.54, 1.807) is 32.4 Å². The van der Waals surface area contributed by atoms with Crippen LogP contribution in [0.3, 0.4) is 0 Å². The molecule has 2 aromatic rings. The molecule has 1 amide bonds. The molecule has 190 valence electrons. The summed E-state index contributed by atoms with van der Waals surface area (Å²) in [5, 5.41) is 3.18. The molecule has 1 heterocycles. The van der Waals surface area contributed by atoms with Gasteiger partial charge >= 0.3 is 0 Å². The minimum absolute atomic E-state index is 0.0981. The lowest BCUT2D eigenvalue weighted by atomic mass is 10.0. The fraction of sp³-hybridized carbons (Fsp3) is 0.536. The molecule has 0 aromatic heterocycles. The Kier molecular flexibility index (Phi) is 8.39. The van der Waals surface area contributed by atoms with Crippen LogP contribution in [0, 0.1) is 0 Å². The van der Waals surface area contributed by atoms with E-state index in [-0.39, 0.29) is 11.9 Å². The maximum atomic E-state index is 12.8. The minimum Gasteiger partial charge on any atom is -0.497 e. The molecular formula is C28H38N2O5. The topological polar surface area (TPSA) is 69.3 Å². The van der Waals surface area contributed by atoms with Crippen LogP contribution in [0.1, 0.15) is 66.9 Å². The molecule has 2 aromatic carbocycles. The van der Waals surface area contributed by atoms with Crippen molar-refractivity contribution in [2.24, 2.45) is 0 Å². The van der Waals surface area contributed by atoms with Crippen LogP contribution in [0.4, 0.5) is 0 Å². The van der Waals surface area contributed by atoms with Gasteiger partial charge in [-0.05, 0) is 75.3 Å². The van der Waals surface area contributed by atoms with Crippen LogP contribution in [0.5, 0.6) is 23.0 Å². The number of hydrogen-bond acceptors (Lipinski definition) is 6. The van der Waals surface area contributed by atoms with Gasteiger partial charge < -0.3 is 24.3 Å². The highest BCUT2D eigenvalue weighted by molar-refractivity contribution is 5.95. The Hall–Kier alpha value is -2.93. The Bertz CT molecular complexity index is 963. The largest absolute Gasteiger partial charge is 0.497 e. The molecule has 2 aliphatic rings. The number of methoxy groups -OCH3 is 2. The standard InChI is InChI=1S/C28H38N2O5/c1-5-34-25-13-19(14-26(35-6-2)27(25)20-7-8-20)18-30-11-9-22(10-12-30)29-28(31)21-15-23(32-3)17-24(16-21)33-4/h13-17,20,22H,5-12,18H2,1-4H3,(H,29,31). The van der Waals surface area contributed by atoms with Crippen molar-refractivity contribution in [3.8, 4) is 23.0 Å². The van der Waals surface area contributed by atoms with E-state index in [1.165, 1.54) is 24.0 Å². The summed E-state index contributed by atoms with van der Waals surface area (Å²) in [4.78, 5) is 15.3. The Morgan fingerprint density at radius 3 is 1.94 bits per heavy atom. The van der Waals surface area contributed by atoms with Gasteiger partial charge in [0, 0.05) is 42.9 Å². The number of benzene rings is 2. The summed E-state index contributed by atoms with van der Waals surface area (Å²) in [6.45, 7) is 8.06. The lowest BCUT2D eigenvalue weighted by Crippen LogP contribution is -2.44. The number of carbonyl (C=O) groups excluding carboxylic acids is 1. The van der Waals surface area contributed by atoms with Crippen molar-refractivity contribution in [2.45, 2.75) is 58.0 Å². The van der Waals surface area contributed by atoms with Gasteiger partial charge in [-0.15, -0.1) is 0 Å². The van der Waals surface area contributed by atoms with Gasteiger partial charge in [-0.25, -0.2) is 0 Å². The SMILES string of the molecule is CCOc1cc(CN2CCC(NC(=O)c3cc(OC)cc(OC)c3)CC2)cc(OCC)c1C1CC1. The zero-order chi connectivity index (χ0) is 24.8. The first-order valence-electron chi connectivity index (χ1n) is 12.7. The van der Waals surface area contributed by atoms with Gasteiger partial charge in [0.1, 0.15) is 23.0 Å². The van der Waals surface area contributed by atoms with Crippen LogP contribution >= 0.6 is 0 Å². The lowest BCUT2D eigenvalue weighted by molar-refractivity contribution is 0.0908. The third kappa shape index (κ3) is 6.40. The molecular weight excluding hydrogens is 444 g/mol. The fourth-order valence-electron chi connectivity index (χ4n) is 4.77. The summed E-state index contributed by atoms with van der Waals surface area (Å²) < 4.78 is 22.6.